The second-order valence-electron chi connectivity index (χ2n) is 14.4. The van der Waals surface area contributed by atoms with E-state index in [9.17, 15) is 29.1 Å². The number of fused-ring (bicyclic) bond motifs is 3. The number of Topliss-reactive ketones (excluding diaryl/α,β-unsaturated/α-hetero) is 1. The fourth-order valence-electron chi connectivity index (χ4n) is 8.49. The van der Waals surface area contributed by atoms with Crippen LogP contribution in [0.1, 0.15) is 79.3 Å². The number of hydrogen-bond donors (Lipinski definition) is 1. The van der Waals surface area contributed by atoms with Gasteiger partial charge in [0.1, 0.15) is 18.3 Å². The first-order valence-electron chi connectivity index (χ1n) is 16.4. The highest BCUT2D eigenvalue weighted by molar-refractivity contribution is 5.97. The molecule has 0 aliphatic heterocycles. The molecule has 262 valence electrons. The van der Waals surface area contributed by atoms with E-state index in [1.165, 1.54) is 20.8 Å². The Morgan fingerprint density at radius 1 is 0.938 bits per heavy atom. The summed E-state index contributed by atoms with van der Waals surface area (Å²) in [5, 5.41) is 11.3. The van der Waals surface area contributed by atoms with Crippen molar-refractivity contribution in [1.82, 2.24) is 4.90 Å². The molecule has 2 fully saturated rings. The summed E-state index contributed by atoms with van der Waals surface area (Å²) in [6.45, 7) is 15.5. The van der Waals surface area contributed by atoms with Crippen LogP contribution in [0.3, 0.4) is 0 Å². The molecule has 11 heteroatoms. The number of aliphatic hydroxyl groups is 1. The molecule has 11 nitrogen and oxygen atoms in total. The molecule has 1 aromatic carbocycles. The number of hydrogen-bond acceptors (Lipinski definition) is 11. The van der Waals surface area contributed by atoms with Gasteiger partial charge in [-0.2, -0.15) is 0 Å². The zero-order valence-corrected chi connectivity index (χ0v) is 29.4. The van der Waals surface area contributed by atoms with Crippen LogP contribution >= 0.6 is 0 Å². The molecule has 9 unspecified atom stereocenters. The molecular weight excluding hydrogens is 618 g/mol. The Hall–Kier alpha value is -3.83. The summed E-state index contributed by atoms with van der Waals surface area (Å²) in [7, 11) is 3.51. The van der Waals surface area contributed by atoms with Crippen molar-refractivity contribution in [2.24, 2.45) is 22.7 Å². The average Bonchev–Trinajstić information content (AvgIpc) is 2.97. The van der Waals surface area contributed by atoms with Crippen LogP contribution in [0.25, 0.3) is 0 Å². The number of carbonyl (C=O) groups excluding carboxylic acids is 5. The second kappa shape index (κ2) is 14.0. The Bertz CT molecular complexity index is 1500. The van der Waals surface area contributed by atoms with Gasteiger partial charge >= 0.3 is 23.9 Å². The number of carbonyl (C=O) groups is 5. The highest BCUT2D eigenvalue weighted by Gasteiger charge is 2.64. The number of likely N-dealkylation sites (N-methyl/N-ethyl adjacent to an activating group) is 1. The van der Waals surface area contributed by atoms with E-state index in [0.717, 1.165) is 5.56 Å². The number of allylic oxidation sites excluding steroid dienone is 1. The molecule has 48 heavy (non-hydrogen) atoms. The standard InChI is InChI=1S/C37H49NO10/c1-19-26(42)18-25-32(45-21(3)39)29-20(2)27(48-35(44)31(43)30(38(9)10)24-14-12-11-13-15-24)16-17-37(29,8)34(47-23(5)41)33(46-22(4)40)28(19)36(25,6)7/h11-15,25,27,29-34,43H,2,16-18H2,1,3-10H3. The summed E-state index contributed by atoms with van der Waals surface area (Å²) in [5.41, 5.74) is 0.0792. The number of aliphatic hydroxyl groups excluding tert-OH is 1. The zero-order chi connectivity index (χ0) is 35.9. The fourth-order valence-corrected chi connectivity index (χ4v) is 8.49. The molecular formula is C37H49NO10. The SMILES string of the molecule is C=C1C(OC(=O)C(O)C(c2ccccc2)N(C)C)CCC2(C)C(OC(C)=O)C(OC(C)=O)C3=C(C)C(=O)CC(C(OC(C)=O)C12)C3(C)C. The summed E-state index contributed by atoms with van der Waals surface area (Å²) in [6.07, 6.45) is -5.12. The Kier molecular flexibility index (Phi) is 10.8. The molecule has 0 amide bonds. The molecule has 1 aromatic rings. The smallest absolute Gasteiger partial charge is 0.337 e. The molecule has 2 bridgehead atoms. The molecule has 0 heterocycles. The van der Waals surface area contributed by atoms with Gasteiger partial charge < -0.3 is 24.1 Å². The van der Waals surface area contributed by atoms with Crippen LogP contribution in [0.2, 0.25) is 0 Å². The molecule has 0 saturated heterocycles. The average molecular weight is 668 g/mol. The Morgan fingerprint density at radius 3 is 2.06 bits per heavy atom. The topological polar surface area (TPSA) is 146 Å². The van der Waals surface area contributed by atoms with Gasteiger partial charge in [0.2, 0.25) is 0 Å². The van der Waals surface area contributed by atoms with E-state index in [1.54, 1.807) is 25.9 Å². The van der Waals surface area contributed by atoms with Crippen molar-refractivity contribution in [3.05, 3.63) is 59.2 Å². The van der Waals surface area contributed by atoms with E-state index in [4.69, 9.17) is 18.9 Å². The minimum Gasteiger partial charge on any atom is -0.462 e. The van der Waals surface area contributed by atoms with Crippen molar-refractivity contribution in [1.29, 1.82) is 0 Å². The predicted molar refractivity (Wildman–Crippen MR) is 175 cm³/mol. The first-order chi connectivity index (χ1) is 22.3. The van der Waals surface area contributed by atoms with Gasteiger partial charge in [-0.3, -0.25) is 24.1 Å². The van der Waals surface area contributed by atoms with Crippen LogP contribution in [-0.4, -0.2) is 84.3 Å². The fraction of sp³-hybridized carbons (Fsp3) is 0.595. The molecule has 3 aliphatic carbocycles. The van der Waals surface area contributed by atoms with Gasteiger partial charge in [-0.15, -0.1) is 0 Å². The minimum absolute atomic E-state index is 0.0376. The second-order valence-corrected chi connectivity index (χ2v) is 14.4. The first kappa shape index (κ1) is 37.0. The summed E-state index contributed by atoms with van der Waals surface area (Å²) in [4.78, 5) is 67.2. The summed E-state index contributed by atoms with van der Waals surface area (Å²) in [5.74, 6) is -4.32. The predicted octanol–water partition coefficient (Wildman–Crippen LogP) is 4.27. The van der Waals surface area contributed by atoms with E-state index in [2.05, 4.69) is 6.58 Å². The van der Waals surface area contributed by atoms with Crippen LogP contribution in [0.4, 0.5) is 0 Å². The van der Waals surface area contributed by atoms with Crippen LogP contribution < -0.4 is 0 Å². The number of benzene rings is 1. The van der Waals surface area contributed by atoms with Crippen molar-refractivity contribution >= 4 is 29.7 Å². The van der Waals surface area contributed by atoms with Gasteiger partial charge in [-0.25, -0.2) is 4.79 Å². The highest BCUT2D eigenvalue weighted by Crippen LogP contribution is 2.60. The monoisotopic (exact) mass is 667 g/mol. The van der Waals surface area contributed by atoms with Crippen molar-refractivity contribution in [2.75, 3.05) is 14.1 Å². The normalized spacial score (nSPS) is 31.1. The minimum atomic E-state index is -1.54. The highest BCUT2D eigenvalue weighted by atomic mass is 16.6. The van der Waals surface area contributed by atoms with Gasteiger partial charge in [0, 0.05) is 44.4 Å². The summed E-state index contributed by atoms with van der Waals surface area (Å²) in [6, 6.07) is 8.41. The number of nitrogens with zero attached hydrogens (tertiary/aromatic N) is 1. The number of ketones is 1. The molecule has 1 N–H and O–H groups in total. The molecule has 2 saturated carbocycles. The Labute approximate surface area is 282 Å². The van der Waals surface area contributed by atoms with Gasteiger partial charge in [0.25, 0.3) is 0 Å². The number of esters is 4. The van der Waals surface area contributed by atoms with E-state index >= 15 is 0 Å². The van der Waals surface area contributed by atoms with E-state index in [-0.39, 0.29) is 25.0 Å². The van der Waals surface area contributed by atoms with Crippen molar-refractivity contribution < 1.29 is 48.0 Å². The Morgan fingerprint density at radius 2 is 1.52 bits per heavy atom. The molecule has 4 rings (SSSR count). The van der Waals surface area contributed by atoms with E-state index in [0.29, 0.717) is 16.7 Å². The van der Waals surface area contributed by atoms with Crippen molar-refractivity contribution in [2.45, 2.75) is 104 Å². The largest absolute Gasteiger partial charge is 0.462 e. The Balaban J connectivity index is 1.85. The van der Waals surface area contributed by atoms with Gasteiger partial charge in [0.05, 0.1) is 6.04 Å². The van der Waals surface area contributed by atoms with E-state index < -0.39 is 83.1 Å². The quantitative estimate of drug-likeness (QED) is 0.241. The van der Waals surface area contributed by atoms with Crippen LogP contribution in [0.5, 0.6) is 0 Å². The van der Waals surface area contributed by atoms with Crippen LogP contribution in [-0.2, 0) is 42.9 Å². The lowest BCUT2D eigenvalue weighted by molar-refractivity contribution is -0.203. The third-order valence-corrected chi connectivity index (χ3v) is 10.6. The van der Waals surface area contributed by atoms with Gasteiger partial charge in [-0.1, -0.05) is 57.7 Å². The molecule has 0 radical (unpaired) electrons. The first-order valence-corrected chi connectivity index (χ1v) is 16.4. The summed E-state index contributed by atoms with van der Waals surface area (Å²) < 4.78 is 24.2. The van der Waals surface area contributed by atoms with Crippen LogP contribution in [0, 0.1) is 22.7 Å². The summed E-state index contributed by atoms with van der Waals surface area (Å²) >= 11 is 0. The maximum absolute atomic E-state index is 13.6. The lowest BCUT2D eigenvalue weighted by atomic mass is 9.49. The van der Waals surface area contributed by atoms with Crippen molar-refractivity contribution in [3.63, 3.8) is 0 Å². The maximum Gasteiger partial charge on any atom is 0.337 e. The lowest BCUT2D eigenvalue weighted by Crippen LogP contribution is -2.64. The third-order valence-electron chi connectivity index (χ3n) is 10.6. The third kappa shape index (κ3) is 6.85. The maximum atomic E-state index is 13.6. The molecule has 0 aromatic heterocycles. The van der Waals surface area contributed by atoms with Crippen molar-refractivity contribution in [3.8, 4) is 0 Å². The van der Waals surface area contributed by atoms with Gasteiger partial charge in [0.15, 0.2) is 18.0 Å². The van der Waals surface area contributed by atoms with Crippen LogP contribution in [0.15, 0.2) is 53.6 Å². The van der Waals surface area contributed by atoms with E-state index in [1.807, 2.05) is 51.1 Å². The number of rotatable bonds is 8. The molecule has 0 spiro atoms. The number of ether oxygens (including phenoxy) is 4. The van der Waals surface area contributed by atoms with Gasteiger partial charge in [-0.05, 0) is 61.6 Å². The molecule has 9 atom stereocenters. The zero-order valence-electron chi connectivity index (χ0n) is 29.4. The lowest BCUT2D eigenvalue weighted by Gasteiger charge is -2.59. The molecule has 3 aliphatic rings.